The summed E-state index contributed by atoms with van der Waals surface area (Å²) in [5, 5.41) is 8.01. The minimum atomic E-state index is -2.45. The number of piperidine rings is 1. The Morgan fingerprint density at radius 3 is 2.59 bits per heavy atom. The highest BCUT2D eigenvalue weighted by Crippen LogP contribution is 2.38. The van der Waals surface area contributed by atoms with Gasteiger partial charge >= 0.3 is 0 Å². The van der Waals surface area contributed by atoms with E-state index in [-0.39, 0.29) is 29.2 Å². The maximum Gasteiger partial charge on any atom is 0.260 e. The van der Waals surface area contributed by atoms with Crippen LogP contribution in [0.5, 0.6) is 0 Å². The number of rotatable bonds is 3. The third-order valence-corrected chi connectivity index (χ3v) is 6.98. The third-order valence-electron chi connectivity index (χ3n) is 6.98. The quantitative estimate of drug-likeness (QED) is 0.795. The maximum absolute atomic E-state index is 13.9. The van der Waals surface area contributed by atoms with Crippen molar-refractivity contribution < 1.29 is 13.6 Å². The van der Waals surface area contributed by atoms with E-state index in [2.05, 4.69) is 10.4 Å². The Morgan fingerprint density at radius 2 is 1.93 bits per heavy atom. The fourth-order valence-corrected chi connectivity index (χ4v) is 5.22. The van der Waals surface area contributed by atoms with Crippen LogP contribution >= 0.6 is 0 Å². The average Bonchev–Trinajstić information content (AvgIpc) is 3.36. The second-order valence-corrected chi connectivity index (χ2v) is 10.2. The van der Waals surface area contributed by atoms with Crippen LogP contribution in [-0.4, -0.2) is 46.1 Å². The molecule has 4 rings (SSSR count). The highest BCUT2D eigenvalue weighted by Gasteiger charge is 2.40. The lowest BCUT2D eigenvalue weighted by Gasteiger charge is -2.41. The van der Waals surface area contributed by atoms with E-state index in [0.29, 0.717) is 18.8 Å². The minimum absolute atomic E-state index is 0.0507. The molecular weight excluding hydrogens is 374 g/mol. The van der Waals surface area contributed by atoms with Crippen molar-refractivity contribution >= 4 is 11.7 Å². The molecule has 3 atom stereocenters. The van der Waals surface area contributed by atoms with Crippen molar-refractivity contribution in [3.8, 4) is 0 Å². The summed E-state index contributed by atoms with van der Waals surface area (Å²) < 4.78 is 29.3. The molecule has 5 nitrogen and oxygen atoms in total. The van der Waals surface area contributed by atoms with Gasteiger partial charge in [0.1, 0.15) is 11.9 Å². The van der Waals surface area contributed by atoms with Crippen LogP contribution in [0.15, 0.2) is 6.07 Å². The largest absolute Gasteiger partial charge is 0.367 e. The Morgan fingerprint density at radius 1 is 1.21 bits per heavy atom. The van der Waals surface area contributed by atoms with Gasteiger partial charge in [0.05, 0.1) is 5.69 Å². The van der Waals surface area contributed by atoms with Gasteiger partial charge in [0, 0.05) is 36.5 Å². The second kappa shape index (κ2) is 7.88. The molecule has 7 heteroatoms. The Bertz CT molecular complexity index is 736. The van der Waals surface area contributed by atoms with Crippen molar-refractivity contribution in [1.29, 1.82) is 0 Å². The number of carbonyl (C=O) groups is 1. The summed E-state index contributed by atoms with van der Waals surface area (Å²) in [5.74, 6) is 1.36. The first-order valence-electron chi connectivity index (χ1n) is 11.2. The van der Waals surface area contributed by atoms with Crippen LogP contribution in [0, 0.1) is 11.8 Å². The Balaban J connectivity index is 1.51. The number of aromatic nitrogens is 2. The zero-order chi connectivity index (χ0) is 20.8. The molecular formula is C22H34F2N4O. The average molecular weight is 409 g/mol. The number of fused-ring (bicyclic) bond motifs is 1. The molecule has 29 heavy (non-hydrogen) atoms. The van der Waals surface area contributed by atoms with Gasteiger partial charge in [-0.3, -0.25) is 4.79 Å². The van der Waals surface area contributed by atoms with Crippen molar-refractivity contribution in [3.05, 3.63) is 11.8 Å². The number of hydrogen-bond acceptors (Lipinski definition) is 3. The highest BCUT2D eigenvalue weighted by atomic mass is 19.3. The molecule has 0 aromatic carbocycles. The molecule has 2 aliphatic heterocycles. The van der Waals surface area contributed by atoms with Gasteiger partial charge < -0.3 is 10.2 Å². The molecule has 3 heterocycles. The molecule has 1 N–H and O–H groups in total. The summed E-state index contributed by atoms with van der Waals surface area (Å²) in [6.45, 7) is 7.63. The molecule has 0 bridgehead atoms. The number of nitrogens with one attached hydrogen (secondary N) is 1. The van der Waals surface area contributed by atoms with Crippen molar-refractivity contribution in [2.75, 3.05) is 18.4 Å². The van der Waals surface area contributed by atoms with E-state index >= 15 is 0 Å². The van der Waals surface area contributed by atoms with E-state index in [4.69, 9.17) is 0 Å². The van der Waals surface area contributed by atoms with Gasteiger partial charge in [-0.25, -0.2) is 13.5 Å². The standard InChI is InChI=1S/C22H34F2N4O/c1-22(2,3)18-12-19-25-16(11-17(20(23)24)28(19)26-18)15-9-6-10-27(13-15)21(29)14-7-4-5-8-14/h12,14-17,20,25H,4-11,13H2,1-3H3/t15-,16+,17-/m1/s1. The lowest BCUT2D eigenvalue weighted by atomic mass is 9.85. The van der Waals surface area contributed by atoms with Crippen molar-refractivity contribution in [2.24, 2.45) is 11.8 Å². The lowest BCUT2D eigenvalue weighted by Crippen LogP contribution is -2.49. The summed E-state index contributed by atoms with van der Waals surface area (Å²) in [6, 6.07) is 0.963. The Hall–Kier alpha value is -1.66. The Kier molecular flexibility index (Phi) is 5.60. The molecule has 1 amide bonds. The summed E-state index contributed by atoms with van der Waals surface area (Å²) in [4.78, 5) is 14.9. The first-order valence-corrected chi connectivity index (χ1v) is 11.2. The Labute approximate surface area is 172 Å². The fraction of sp³-hybridized carbons (Fsp3) is 0.818. The third kappa shape index (κ3) is 4.15. The van der Waals surface area contributed by atoms with Gasteiger partial charge in [-0.05, 0) is 38.0 Å². The number of anilines is 1. The zero-order valence-electron chi connectivity index (χ0n) is 17.8. The number of alkyl halides is 2. The van der Waals surface area contributed by atoms with Gasteiger partial charge in [-0.15, -0.1) is 0 Å². The van der Waals surface area contributed by atoms with E-state index in [0.717, 1.165) is 50.8 Å². The zero-order valence-corrected chi connectivity index (χ0v) is 17.8. The second-order valence-electron chi connectivity index (χ2n) is 10.2. The van der Waals surface area contributed by atoms with E-state index in [1.165, 1.54) is 4.68 Å². The summed E-state index contributed by atoms with van der Waals surface area (Å²) in [7, 11) is 0. The predicted octanol–water partition coefficient (Wildman–Crippen LogP) is 4.60. The van der Waals surface area contributed by atoms with Crippen LogP contribution in [0.4, 0.5) is 14.6 Å². The van der Waals surface area contributed by atoms with Gasteiger partial charge in [0.2, 0.25) is 5.91 Å². The summed E-state index contributed by atoms with van der Waals surface area (Å²) in [6.07, 6.45) is 4.13. The van der Waals surface area contributed by atoms with Gasteiger partial charge in [-0.2, -0.15) is 5.10 Å². The van der Waals surface area contributed by atoms with Crippen molar-refractivity contribution in [1.82, 2.24) is 14.7 Å². The van der Waals surface area contributed by atoms with Crippen molar-refractivity contribution in [3.63, 3.8) is 0 Å². The highest BCUT2D eigenvalue weighted by molar-refractivity contribution is 5.79. The molecule has 2 fully saturated rings. The number of amides is 1. The van der Waals surface area contributed by atoms with Crippen LogP contribution < -0.4 is 5.32 Å². The molecule has 0 unspecified atom stereocenters. The molecule has 1 aromatic heterocycles. The van der Waals surface area contributed by atoms with Crippen molar-refractivity contribution in [2.45, 2.75) is 89.6 Å². The van der Waals surface area contributed by atoms with Crippen LogP contribution in [0.2, 0.25) is 0 Å². The number of hydrogen-bond donors (Lipinski definition) is 1. The summed E-state index contributed by atoms with van der Waals surface area (Å²) >= 11 is 0. The van der Waals surface area contributed by atoms with Crippen LogP contribution in [0.1, 0.15) is 77.5 Å². The summed E-state index contributed by atoms with van der Waals surface area (Å²) in [5.41, 5.74) is 0.636. The van der Waals surface area contributed by atoms with Gasteiger partial charge in [0.25, 0.3) is 6.43 Å². The number of likely N-dealkylation sites (tertiary alicyclic amines) is 1. The van der Waals surface area contributed by atoms with Gasteiger partial charge in [0.15, 0.2) is 0 Å². The van der Waals surface area contributed by atoms with E-state index in [1.807, 2.05) is 31.7 Å². The first-order chi connectivity index (χ1) is 13.7. The van der Waals surface area contributed by atoms with E-state index < -0.39 is 12.5 Å². The fourth-order valence-electron chi connectivity index (χ4n) is 5.22. The normalized spacial score (nSPS) is 28.5. The molecule has 1 aliphatic carbocycles. The molecule has 3 aliphatic rings. The molecule has 0 radical (unpaired) electrons. The minimum Gasteiger partial charge on any atom is -0.367 e. The SMILES string of the molecule is CC(C)(C)c1cc2n(n1)[C@@H](C(F)F)C[C@@H]([C@@H]1CCCN(C(=O)C3CCCC3)C1)N2. The van der Waals surface area contributed by atoms with Crippen LogP contribution in [0.3, 0.4) is 0 Å². The van der Waals surface area contributed by atoms with E-state index in [1.54, 1.807) is 0 Å². The molecule has 1 saturated carbocycles. The maximum atomic E-state index is 13.9. The van der Waals surface area contributed by atoms with Crippen LogP contribution in [0.25, 0.3) is 0 Å². The van der Waals surface area contributed by atoms with Gasteiger partial charge in [-0.1, -0.05) is 33.6 Å². The first kappa shape index (κ1) is 20.6. The number of nitrogens with zero attached hydrogens (tertiary/aromatic N) is 3. The molecule has 0 spiro atoms. The topological polar surface area (TPSA) is 50.2 Å². The number of carbonyl (C=O) groups excluding carboxylic acids is 1. The van der Waals surface area contributed by atoms with E-state index in [9.17, 15) is 13.6 Å². The van der Waals surface area contributed by atoms with Crippen LogP contribution in [-0.2, 0) is 10.2 Å². The predicted molar refractivity (Wildman–Crippen MR) is 109 cm³/mol. The monoisotopic (exact) mass is 408 g/mol. The molecule has 1 saturated heterocycles. The lowest BCUT2D eigenvalue weighted by molar-refractivity contribution is -0.137. The molecule has 1 aromatic rings. The smallest absolute Gasteiger partial charge is 0.260 e. The number of halogens is 2. The molecule has 162 valence electrons.